The summed E-state index contributed by atoms with van der Waals surface area (Å²) in [5.41, 5.74) is 1.23. The van der Waals surface area contributed by atoms with E-state index in [1.165, 1.54) is 5.56 Å². The lowest BCUT2D eigenvalue weighted by Gasteiger charge is -1.78. The van der Waals surface area contributed by atoms with Crippen molar-refractivity contribution in [1.29, 1.82) is 0 Å². The van der Waals surface area contributed by atoms with Crippen molar-refractivity contribution in [2.45, 2.75) is 6.42 Å². The number of hydrogen-bond acceptors (Lipinski definition) is 1. The molecule has 0 N–H and O–H groups in total. The van der Waals surface area contributed by atoms with Gasteiger partial charge < -0.3 is 0 Å². The van der Waals surface area contributed by atoms with Crippen molar-refractivity contribution in [3.8, 4) is 0 Å². The first-order valence-electron chi connectivity index (χ1n) is 2.14. The summed E-state index contributed by atoms with van der Waals surface area (Å²) in [6.07, 6.45) is 0.670. The topological polar surface area (TPSA) is 0 Å². The molecule has 1 heterocycles. The molecule has 0 amide bonds. The van der Waals surface area contributed by atoms with Gasteiger partial charge in [-0.05, 0) is 35.7 Å². The van der Waals surface area contributed by atoms with E-state index in [-0.39, 0.29) is 0 Å². The zero-order valence-corrected chi connectivity index (χ0v) is 4.74. The first-order valence-corrected chi connectivity index (χ1v) is 3.09. The van der Waals surface area contributed by atoms with Crippen molar-refractivity contribution in [2.75, 3.05) is 0 Å². The van der Waals surface area contributed by atoms with Crippen LogP contribution in [0.25, 0.3) is 0 Å². The van der Waals surface area contributed by atoms with Gasteiger partial charge in [0.05, 0.1) is 0 Å². The SMILES string of the molecule is [CH]Cc1ccsc1. The Kier molecular flexibility index (Phi) is 1.47. The summed E-state index contributed by atoms with van der Waals surface area (Å²) in [4.78, 5) is 0. The molecule has 0 spiro atoms. The molecule has 0 fully saturated rings. The molecule has 1 aromatic rings. The molecule has 1 aromatic heterocycles. The molecular weight excluding hydrogens is 104 g/mol. The van der Waals surface area contributed by atoms with Crippen LogP contribution in [0.15, 0.2) is 16.8 Å². The first-order chi connectivity index (χ1) is 3.43. The predicted octanol–water partition coefficient (Wildman–Crippen LogP) is 2.00. The summed E-state index contributed by atoms with van der Waals surface area (Å²) in [6, 6.07) is 2.03. The van der Waals surface area contributed by atoms with Crippen LogP contribution in [0.5, 0.6) is 0 Å². The Morgan fingerprint density at radius 1 is 1.71 bits per heavy atom. The average Bonchev–Trinajstić information content (AvgIpc) is 2.14. The van der Waals surface area contributed by atoms with Gasteiger partial charge in [0.2, 0.25) is 0 Å². The Labute approximate surface area is 47.8 Å². The summed E-state index contributed by atoms with van der Waals surface area (Å²) in [5.74, 6) is 0. The Balaban J connectivity index is 2.76. The fourth-order valence-corrected chi connectivity index (χ4v) is 1.09. The van der Waals surface area contributed by atoms with E-state index >= 15 is 0 Å². The maximum atomic E-state index is 5.30. The molecule has 2 radical (unpaired) electrons. The zero-order chi connectivity index (χ0) is 5.11. The fourth-order valence-electron chi connectivity index (χ4n) is 0.409. The van der Waals surface area contributed by atoms with E-state index in [9.17, 15) is 0 Å². The summed E-state index contributed by atoms with van der Waals surface area (Å²) >= 11 is 1.68. The van der Waals surface area contributed by atoms with Gasteiger partial charge in [-0.15, -0.1) is 0 Å². The molecule has 1 heteroatoms. The van der Waals surface area contributed by atoms with E-state index in [2.05, 4.69) is 5.38 Å². The van der Waals surface area contributed by atoms with Crippen molar-refractivity contribution in [1.82, 2.24) is 0 Å². The minimum Gasteiger partial charge on any atom is -0.152 e. The fraction of sp³-hybridized carbons (Fsp3) is 0.167. The highest BCUT2D eigenvalue weighted by atomic mass is 32.1. The van der Waals surface area contributed by atoms with Gasteiger partial charge in [0, 0.05) is 0 Å². The average molecular weight is 110 g/mol. The second-order valence-corrected chi connectivity index (χ2v) is 2.12. The molecule has 0 nitrogen and oxygen atoms in total. The van der Waals surface area contributed by atoms with Gasteiger partial charge in [-0.25, -0.2) is 0 Å². The molecule has 0 saturated heterocycles. The third kappa shape index (κ3) is 1.03. The Hall–Kier alpha value is -0.300. The lowest BCUT2D eigenvalue weighted by molar-refractivity contribution is 1.30. The Bertz CT molecular complexity index is 119. The van der Waals surface area contributed by atoms with Gasteiger partial charge in [0.25, 0.3) is 0 Å². The summed E-state index contributed by atoms with van der Waals surface area (Å²) in [5, 5.41) is 4.09. The van der Waals surface area contributed by atoms with Gasteiger partial charge in [-0.2, -0.15) is 11.3 Å². The lowest BCUT2D eigenvalue weighted by Crippen LogP contribution is -1.66. The van der Waals surface area contributed by atoms with Gasteiger partial charge in [-0.3, -0.25) is 0 Å². The Morgan fingerprint density at radius 2 is 2.57 bits per heavy atom. The van der Waals surface area contributed by atoms with Crippen molar-refractivity contribution in [3.05, 3.63) is 29.3 Å². The minimum absolute atomic E-state index is 0.670. The van der Waals surface area contributed by atoms with E-state index in [1.807, 2.05) is 11.4 Å². The smallest absolute Gasteiger partial charge is 0.00612 e. The number of rotatable bonds is 1. The van der Waals surface area contributed by atoms with Crippen LogP contribution in [0.4, 0.5) is 0 Å². The maximum absolute atomic E-state index is 5.30. The van der Waals surface area contributed by atoms with E-state index in [0.29, 0.717) is 6.42 Å². The molecule has 0 aliphatic heterocycles. The second-order valence-electron chi connectivity index (χ2n) is 1.34. The molecule has 36 valence electrons. The molecule has 0 saturated carbocycles. The van der Waals surface area contributed by atoms with Gasteiger partial charge in [0.15, 0.2) is 0 Å². The number of hydrogen-bond donors (Lipinski definition) is 0. The highest BCUT2D eigenvalue weighted by Crippen LogP contribution is 2.04. The lowest BCUT2D eigenvalue weighted by atomic mass is 10.3. The monoisotopic (exact) mass is 110 g/mol. The third-order valence-electron chi connectivity index (χ3n) is 0.816. The minimum atomic E-state index is 0.670. The Morgan fingerprint density at radius 3 is 2.86 bits per heavy atom. The van der Waals surface area contributed by atoms with Crippen molar-refractivity contribution < 1.29 is 0 Å². The molecule has 0 aliphatic carbocycles. The summed E-state index contributed by atoms with van der Waals surface area (Å²) < 4.78 is 0. The summed E-state index contributed by atoms with van der Waals surface area (Å²) in [6.45, 7) is 5.30. The molecular formula is C6H6S. The third-order valence-corrected chi connectivity index (χ3v) is 1.55. The standard InChI is InChI=1S/C6H6S/c1-2-6-3-4-7-5-6/h1,3-5H,2H2. The van der Waals surface area contributed by atoms with Crippen molar-refractivity contribution >= 4 is 11.3 Å². The molecule has 1 rings (SSSR count). The van der Waals surface area contributed by atoms with Gasteiger partial charge in [-0.1, -0.05) is 0 Å². The largest absolute Gasteiger partial charge is 0.152 e. The zero-order valence-electron chi connectivity index (χ0n) is 3.92. The second kappa shape index (κ2) is 2.12. The van der Waals surface area contributed by atoms with Crippen LogP contribution >= 0.6 is 11.3 Å². The molecule has 0 bridgehead atoms. The van der Waals surface area contributed by atoms with Crippen LogP contribution in [0.3, 0.4) is 0 Å². The summed E-state index contributed by atoms with van der Waals surface area (Å²) in [7, 11) is 0. The normalized spacial score (nSPS) is 9.29. The number of thiophene rings is 1. The molecule has 0 atom stereocenters. The van der Waals surface area contributed by atoms with E-state index in [0.717, 1.165) is 0 Å². The highest BCUT2D eigenvalue weighted by molar-refractivity contribution is 7.07. The van der Waals surface area contributed by atoms with Crippen LogP contribution in [0, 0.1) is 6.92 Å². The van der Waals surface area contributed by atoms with E-state index in [1.54, 1.807) is 11.3 Å². The highest BCUT2D eigenvalue weighted by Gasteiger charge is 1.82. The molecule has 0 aromatic carbocycles. The maximum Gasteiger partial charge on any atom is -0.00612 e. The van der Waals surface area contributed by atoms with Crippen LogP contribution in [-0.2, 0) is 6.42 Å². The van der Waals surface area contributed by atoms with Crippen LogP contribution in [0.1, 0.15) is 5.56 Å². The molecule has 0 unspecified atom stereocenters. The van der Waals surface area contributed by atoms with E-state index < -0.39 is 0 Å². The van der Waals surface area contributed by atoms with Crippen molar-refractivity contribution in [3.63, 3.8) is 0 Å². The quantitative estimate of drug-likeness (QED) is 0.518. The first kappa shape index (κ1) is 4.85. The van der Waals surface area contributed by atoms with E-state index in [4.69, 9.17) is 6.92 Å². The predicted molar refractivity (Wildman–Crippen MR) is 32.3 cm³/mol. The molecule has 7 heavy (non-hydrogen) atoms. The van der Waals surface area contributed by atoms with Gasteiger partial charge >= 0.3 is 0 Å². The van der Waals surface area contributed by atoms with Crippen LogP contribution in [0.2, 0.25) is 0 Å². The van der Waals surface area contributed by atoms with Crippen LogP contribution in [-0.4, -0.2) is 0 Å². The van der Waals surface area contributed by atoms with Gasteiger partial charge in [0.1, 0.15) is 0 Å². The van der Waals surface area contributed by atoms with Crippen molar-refractivity contribution in [2.24, 2.45) is 0 Å². The molecule has 0 aliphatic rings. The van der Waals surface area contributed by atoms with Crippen LogP contribution < -0.4 is 0 Å².